The maximum atomic E-state index is 13.0. The molecule has 3 N–H and O–H groups in total. The first-order valence-corrected chi connectivity index (χ1v) is 10.8. The minimum absolute atomic E-state index is 0.0911. The average Bonchev–Trinajstić information content (AvgIpc) is 3.39. The summed E-state index contributed by atoms with van der Waals surface area (Å²) in [5.74, 6) is -3.16. The molecular weight excluding hydrogens is 469 g/mol. The Kier molecular flexibility index (Phi) is 6.47. The number of aliphatic hydroxyl groups is 1. The number of aliphatic hydroxyl groups excluding tert-OH is 1. The lowest BCUT2D eigenvalue weighted by Gasteiger charge is -2.30. The Hall–Kier alpha value is -3.58. The number of amides is 2. The number of nitrogens with one attached hydrogen (secondary N) is 2. The topological polar surface area (TPSA) is 131 Å². The minimum Gasteiger partial charge on any atom is -0.393 e. The molecule has 0 saturated carbocycles. The van der Waals surface area contributed by atoms with Crippen LogP contribution in [0.1, 0.15) is 36.9 Å². The molecule has 0 radical (unpaired) electrons. The molecule has 10 nitrogen and oxygen atoms in total. The second-order valence-corrected chi connectivity index (χ2v) is 8.24. The molecule has 0 aliphatic carbocycles. The first-order valence-electron chi connectivity index (χ1n) is 10.8. The number of carbonyl (C=O) groups excluding carboxylic acids is 2. The van der Waals surface area contributed by atoms with Gasteiger partial charge in [0, 0.05) is 11.5 Å². The van der Waals surface area contributed by atoms with Crippen molar-refractivity contribution in [3.05, 3.63) is 48.5 Å². The third-order valence-corrected chi connectivity index (χ3v) is 6.35. The monoisotopic (exact) mass is 492 g/mol. The number of aromatic nitrogens is 4. The van der Waals surface area contributed by atoms with Gasteiger partial charge in [0.1, 0.15) is 6.33 Å². The van der Waals surface area contributed by atoms with E-state index in [9.17, 15) is 27.9 Å². The highest BCUT2D eigenvalue weighted by molar-refractivity contribution is 6.06. The summed E-state index contributed by atoms with van der Waals surface area (Å²) in [5, 5.41) is 14.7. The van der Waals surface area contributed by atoms with E-state index in [-0.39, 0.29) is 23.4 Å². The van der Waals surface area contributed by atoms with Gasteiger partial charge in [0.2, 0.25) is 0 Å². The van der Waals surface area contributed by atoms with Crippen molar-refractivity contribution in [1.29, 1.82) is 0 Å². The molecule has 3 aromatic rings. The van der Waals surface area contributed by atoms with Crippen molar-refractivity contribution >= 4 is 28.8 Å². The molecule has 3 heterocycles. The van der Waals surface area contributed by atoms with Crippen molar-refractivity contribution in [3.8, 4) is 0 Å². The summed E-state index contributed by atoms with van der Waals surface area (Å²) < 4.78 is 46.6. The third-order valence-electron chi connectivity index (χ3n) is 6.35. The summed E-state index contributed by atoms with van der Waals surface area (Å²) in [6.07, 6.45) is -3.54. The molecule has 186 valence electrons. The zero-order valence-corrected chi connectivity index (χ0v) is 18.8. The summed E-state index contributed by atoms with van der Waals surface area (Å²) in [7, 11) is 0. The van der Waals surface area contributed by atoms with Crippen LogP contribution in [0.3, 0.4) is 0 Å². The van der Waals surface area contributed by atoms with Gasteiger partial charge >= 0.3 is 12.1 Å². The number of ether oxygens (including phenoxy) is 1. The van der Waals surface area contributed by atoms with E-state index in [1.54, 1.807) is 44.2 Å². The highest BCUT2D eigenvalue weighted by Gasteiger charge is 2.54. The van der Waals surface area contributed by atoms with Crippen LogP contribution in [0.15, 0.2) is 43.0 Å². The minimum atomic E-state index is -5.10. The summed E-state index contributed by atoms with van der Waals surface area (Å²) in [6, 6.07) is 7.25. The Bertz CT molecular complexity index is 1230. The van der Waals surface area contributed by atoms with Gasteiger partial charge in [-0.2, -0.15) is 13.2 Å². The van der Waals surface area contributed by atoms with Gasteiger partial charge in [-0.1, -0.05) is 32.0 Å². The number of fused-ring (bicyclic) bond motifs is 1. The van der Waals surface area contributed by atoms with Crippen LogP contribution in [0, 0.1) is 5.92 Å². The number of alkyl halides is 3. The largest absolute Gasteiger partial charge is 0.471 e. The molecule has 4 rings (SSSR count). The van der Waals surface area contributed by atoms with Gasteiger partial charge < -0.3 is 20.5 Å². The SMILES string of the molecule is CC[C@]1(CO)O[C@@H](n2cnc3c(NC(=O)c4ccccc4)ncnc32)[C@@H](NC(=O)C(F)(F)F)C1C. The number of hydrogen-bond donors (Lipinski definition) is 3. The Morgan fingerprint density at radius 1 is 1.20 bits per heavy atom. The van der Waals surface area contributed by atoms with Gasteiger partial charge in [0.05, 0.1) is 24.6 Å². The smallest absolute Gasteiger partial charge is 0.393 e. The Labute approximate surface area is 197 Å². The van der Waals surface area contributed by atoms with Crippen molar-refractivity contribution in [2.75, 3.05) is 11.9 Å². The molecule has 0 spiro atoms. The van der Waals surface area contributed by atoms with Crippen LogP contribution in [0.5, 0.6) is 0 Å². The van der Waals surface area contributed by atoms with Crippen LogP contribution in [-0.2, 0) is 9.53 Å². The van der Waals surface area contributed by atoms with E-state index in [2.05, 4.69) is 20.3 Å². The molecule has 1 aliphatic rings. The highest BCUT2D eigenvalue weighted by Crippen LogP contribution is 2.44. The second-order valence-electron chi connectivity index (χ2n) is 8.24. The predicted molar refractivity (Wildman–Crippen MR) is 117 cm³/mol. The number of rotatable bonds is 6. The number of anilines is 1. The summed E-state index contributed by atoms with van der Waals surface area (Å²) >= 11 is 0. The van der Waals surface area contributed by atoms with Gasteiger partial charge in [-0.15, -0.1) is 0 Å². The van der Waals surface area contributed by atoms with E-state index >= 15 is 0 Å². The number of hydrogen-bond acceptors (Lipinski definition) is 7. The van der Waals surface area contributed by atoms with E-state index in [4.69, 9.17) is 4.74 Å². The fraction of sp³-hybridized carbons (Fsp3) is 0.409. The Balaban J connectivity index is 1.71. The van der Waals surface area contributed by atoms with E-state index in [0.29, 0.717) is 5.56 Å². The molecule has 1 unspecified atom stereocenters. The maximum absolute atomic E-state index is 13.0. The molecule has 4 atom stereocenters. The number of carbonyl (C=O) groups is 2. The second kappa shape index (κ2) is 9.23. The standard InChI is InChI=1S/C22H23F3N6O4/c1-3-21(9-32)12(2)14(29-20(34)22(23,24)25)19(35-21)31-11-28-15-16(26-10-27-17(15)31)30-18(33)13-7-5-4-6-8-13/h4-8,10-12,14,19,32H,3,9H2,1-2H3,(H,29,34)(H,26,27,30,33)/t12?,14-,19+,21+/m0/s1. The van der Waals surface area contributed by atoms with Crippen molar-refractivity contribution in [1.82, 2.24) is 24.8 Å². The lowest BCUT2D eigenvalue weighted by Crippen LogP contribution is -2.49. The lowest BCUT2D eigenvalue weighted by molar-refractivity contribution is -0.175. The van der Waals surface area contributed by atoms with Crippen LogP contribution in [0.25, 0.3) is 11.2 Å². The molecule has 1 fully saturated rings. The lowest BCUT2D eigenvalue weighted by atomic mass is 9.84. The molecule has 2 aromatic heterocycles. The molecule has 13 heteroatoms. The van der Waals surface area contributed by atoms with Gasteiger partial charge in [-0.25, -0.2) is 15.0 Å². The molecule has 0 bridgehead atoms. The molecule has 1 aromatic carbocycles. The summed E-state index contributed by atoms with van der Waals surface area (Å²) in [6.45, 7) is 2.85. The zero-order chi connectivity index (χ0) is 25.4. The van der Waals surface area contributed by atoms with Crippen LogP contribution < -0.4 is 10.6 Å². The van der Waals surface area contributed by atoms with Crippen LogP contribution in [0.4, 0.5) is 19.0 Å². The van der Waals surface area contributed by atoms with E-state index in [1.807, 2.05) is 5.32 Å². The Morgan fingerprint density at radius 3 is 2.54 bits per heavy atom. The third kappa shape index (κ3) is 4.44. The van der Waals surface area contributed by atoms with Crippen LogP contribution in [0.2, 0.25) is 0 Å². The number of nitrogens with zero attached hydrogens (tertiary/aromatic N) is 4. The molecular formula is C22H23F3N6O4. The average molecular weight is 492 g/mol. The first-order chi connectivity index (χ1) is 16.6. The van der Waals surface area contributed by atoms with Crippen molar-refractivity contribution in [2.24, 2.45) is 5.92 Å². The first kappa shape index (κ1) is 24.5. The van der Waals surface area contributed by atoms with Gasteiger partial charge in [0.15, 0.2) is 23.2 Å². The Morgan fingerprint density at radius 2 is 1.91 bits per heavy atom. The van der Waals surface area contributed by atoms with Crippen molar-refractivity contribution < 1.29 is 32.6 Å². The van der Waals surface area contributed by atoms with Crippen LogP contribution >= 0.6 is 0 Å². The molecule has 2 amide bonds. The highest BCUT2D eigenvalue weighted by atomic mass is 19.4. The summed E-state index contributed by atoms with van der Waals surface area (Å²) in [5.41, 5.74) is -0.483. The van der Waals surface area contributed by atoms with Crippen LogP contribution in [-0.4, -0.2) is 60.9 Å². The molecule has 1 saturated heterocycles. The zero-order valence-electron chi connectivity index (χ0n) is 18.8. The number of halogens is 3. The van der Waals surface area contributed by atoms with Crippen molar-refractivity contribution in [3.63, 3.8) is 0 Å². The predicted octanol–water partition coefficient (Wildman–Crippen LogP) is 2.43. The number of benzene rings is 1. The normalized spacial score (nSPS) is 24.5. The van der Waals surface area contributed by atoms with E-state index < -0.39 is 48.4 Å². The quantitative estimate of drug-likeness (QED) is 0.482. The van der Waals surface area contributed by atoms with Gasteiger partial charge in [0.25, 0.3) is 5.91 Å². The fourth-order valence-corrected chi connectivity index (χ4v) is 4.25. The van der Waals surface area contributed by atoms with Crippen molar-refractivity contribution in [2.45, 2.75) is 44.3 Å². The van der Waals surface area contributed by atoms with E-state index in [1.165, 1.54) is 17.2 Å². The molecule has 35 heavy (non-hydrogen) atoms. The fourth-order valence-electron chi connectivity index (χ4n) is 4.25. The maximum Gasteiger partial charge on any atom is 0.471 e. The number of imidazole rings is 1. The van der Waals surface area contributed by atoms with Gasteiger partial charge in [-0.3, -0.25) is 14.2 Å². The van der Waals surface area contributed by atoms with E-state index in [0.717, 1.165) is 0 Å². The van der Waals surface area contributed by atoms with Gasteiger partial charge in [-0.05, 0) is 18.6 Å². The molecule has 1 aliphatic heterocycles. The summed E-state index contributed by atoms with van der Waals surface area (Å²) in [4.78, 5) is 36.9.